The average Bonchev–Trinajstić information content (AvgIpc) is 2.99. The van der Waals surface area contributed by atoms with Gasteiger partial charge in [0.25, 0.3) is 0 Å². The highest BCUT2D eigenvalue weighted by Gasteiger charge is 2.06. The van der Waals surface area contributed by atoms with Gasteiger partial charge in [-0.2, -0.15) is 10.5 Å². The second-order valence-corrected chi connectivity index (χ2v) is 5.55. The number of allylic oxidation sites excluding steroid dienone is 1. The van der Waals surface area contributed by atoms with Crippen LogP contribution in [0.2, 0.25) is 0 Å². The highest BCUT2D eigenvalue weighted by atomic mass is 79.9. The van der Waals surface area contributed by atoms with E-state index in [0.717, 1.165) is 32.6 Å². The Morgan fingerprint density at radius 2 is 2.04 bits per heavy atom. The van der Waals surface area contributed by atoms with Gasteiger partial charge in [0.15, 0.2) is 0 Å². The van der Waals surface area contributed by atoms with Crippen LogP contribution in [0.5, 0.6) is 0 Å². The molecule has 0 atom stereocenters. The number of nitrogens with one attached hydrogen (secondary N) is 2. The molecule has 2 N–H and O–H groups in total. The number of rotatable bonds is 3. The number of nitrogens with zero attached hydrogens (tertiary/aromatic N) is 4. The number of anilines is 1. The minimum absolute atomic E-state index is 0.00982. The van der Waals surface area contributed by atoms with E-state index in [1.165, 1.54) is 6.20 Å². The monoisotopic (exact) mass is 364 g/mol. The minimum atomic E-state index is 0.00982. The van der Waals surface area contributed by atoms with Gasteiger partial charge in [0.1, 0.15) is 23.5 Å². The van der Waals surface area contributed by atoms with Crippen LogP contribution in [0.4, 0.5) is 5.69 Å². The van der Waals surface area contributed by atoms with Crippen LogP contribution in [0.25, 0.3) is 22.4 Å². The Kier molecular flexibility index (Phi) is 4.05. The van der Waals surface area contributed by atoms with Crippen LogP contribution >= 0.6 is 15.9 Å². The molecule has 0 amide bonds. The largest absolute Gasteiger partial charge is 0.360 e. The summed E-state index contributed by atoms with van der Waals surface area (Å²) in [5, 5.41) is 20.4. The van der Waals surface area contributed by atoms with Gasteiger partial charge in [0, 0.05) is 34.3 Å². The second-order valence-electron chi connectivity index (χ2n) is 4.64. The number of aromatic amines is 1. The van der Waals surface area contributed by atoms with Crippen molar-refractivity contribution in [1.82, 2.24) is 15.0 Å². The molecular weight excluding hydrogens is 356 g/mol. The van der Waals surface area contributed by atoms with Crippen molar-refractivity contribution in [3.63, 3.8) is 0 Å². The van der Waals surface area contributed by atoms with E-state index in [2.05, 4.69) is 36.2 Å². The maximum Gasteiger partial charge on any atom is 0.145 e. The van der Waals surface area contributed by atoms with Crippen molar-refractivity contribution in [3.8, 4) is 23.5 Å². The highest BCUT2D eigenvalue weighted by Crippen LogP contribution is 2.24. The van der Waals surface area contributed by atoms with Crippen LogP contribution in [-0.2, 0) is 0 Å². The standard InChI is InChI=1S/C16H9BrN6/c17-12-3-11(8-20-9-12)16-22-14-2-1-13(4-15(14)23-16)21-7-10(5-18)6-19/h1-4,7-9,21H,(H,22,23). The van der Waals surface area contributed by atoms with E-state index >= 15 is 0 Å². The Morgan fingerprint density at radius 3 is 2.78 bits per heavy atom. The molecule has 2 heterocycles. The molecular formula is C16H9BrN6. The van der Waals surface area contributed by atoms with Crippen molar-refractivity contribution in [3.05, 3.63) is 52.9 Å². The molecule has 0 aliphatic carbocycles. The number of halogens is 1. The van der Waals surface area contributed by atoms with Gasteiger partial charge in [0.2, 0.25) is 0 Å². The van der Waals surface area contributed by atoms with Gasteiger partial charge in [0.05, 0.1) is 11.0 Å². The first-order valence-corrected chi connectivity index (χ1v) is 7.36. The Labute approximate surface area is 140 Å². The summed E-state index contributed by atoms with van der Waals surface area (Å²) in [5.74, 6) is 0.719. The van der Waals surface area contributed by atoms with Gasteiger partial charge in [-0.15, -0.1) is 0 Å². The number of H-pyrrole nitrogens is 1. The van der Waals surface area contributed by atoms with Crippen molar-refractivity contribution < 1.29 is 0 Å². The third-order valence-electron chi connectivity index (χ3n) is 3.08. The molecule has 3 aromatic rings. The van der Waals surface area contributed by atoms with Crippen LogP contribution < -0.4 is 5.32 Å². The van der Waals surface area contributed by atoms with E-state index in [1.807, 2.05) is 24.3 Å². The average molecular weight is 365 g/mol. The fourth-order valence-corrected chi connectivity index (χ4v) is 2.39. The van der Waals surface area contributed by atoms with E-state index in [9.17, 15) is 0 Å². The number of fused-ring (bicyclic) bond motifs is 1. The van der Waals surface area contributed by atoms with Crippen molar-refractivity contribution >= 4 is 32.7 Å². The van der Waals surface area contributed by atoms with Crippen LogP contribution in [-0.4, -0.2) is 15.0 Å². The molecule has 0 radical (unpaired) electrons. The molecule has 6 nitrogen and oxygen atoms in total. The quantitative estimate of drug-likeness (QED) is 0.689. The molecule has 1 aromatic carbocycles. The fraction of sp³-hybridized carbons (Fsp3) is 0. The predicted octanol–water partition coefficient (Wildman–Crippen LogP) is 3.73. The SMILES string of the molecule is N#CC(C#N)=CNc1ccc2nc(-c3cncc(Br)c3)[nH]c2c1. The van der Waals surface area contributed by atoms with Crippen LogP contribution in [0, 0.1) is 22.7 Å². The molecule has 0 saturated carbocycles. The lowest BCUT2D eigenvalue weighted by molar-refractivity contribution is 1.26. The van der Waals surface area contributed by atoms with Gasteiger partial charge in [-0.05, 0) is 40.2 Å². The number of nitriles is 2. The summed E-state index contributed by atoms with van der Waals surface area (Å²) >= 11 is 3.39. The third-order valence-corrected chi connectivity index (χ3v) is 3.52. The summed E-state index contributed by atoms with van der Waals surface area (Å²) in [4.78, 5) is 11.9. The summed E-state index contributed by atoms with van der Waals surface area (Å²) in [7, 11) is 0. The predicted molar refractivity (Wildman–Crippen MR) is 90.0 cm³/mol. The molecule has 0 unspecified atom stereocenters. The maximum absolute atomic E-state index is 8.72. The van der Waals surface area contributed by atoms with E-state index in [0.29, 0.717) is 0 Å². The number of hydrogen-bond donors (Lipinski definition) is 2. The number of aromatic nitrogens is 3. The first-order chi connectivity index (χ1) is 11.2. The number of hydrogen-bond acceptors (Lipinski definition) is 5. The lowest BCUT2D eigenvalue weighted by Crippen LogP contribution is -1.89. The van der Waals surface area contributed by atoms with Gasteiger partial charge >= 0.3 is 0 Å². The smallest absolute Gasteiger partial charge is 0.145 e. The first kappa shape index (κ1) is 14.8. The van der Waals surface area contributed by atoms with Crippen LogP contribution in [0.3, 0.4) is 0 Å². The lowest BCUT2D eigenvalue weighted by atomic mass is 10.2. The fourth-order valence-electron chi connectivity index (χ4n) is 2.02. The Hall–Kier alpha value is -3.16. The van der Waals surface area contributed by atoms with Crippen molar-refractivity contribution in [2.45, 2.75) is 0 Å². The molecule has 23 heavy (non-hydrogen) atoms. The molecule has 0 aliphatic heterocycles. The Morgan fingerprint density at radius 1 is 1.22 bits per heavy atom. The van der Waals surface area contributed by atoms with Gasteiger partial charge < -0.3 is 10.3 Å². The van der Waals surface area contributed by atoms with E-state index < -0.39 is 0 Å². The topological polar surface area (TPSA) is 101 Å². The molecule has 2 aromatic heterocycles. The Bertz CT molecular complexity index is 974. The number of pyridine rings is 1. The van der Waals surface area contributed by atoms with Gasteiger partial charge in [-0.25, -0.2) is 4.98 Å². The molecule has 0 aliphatic rings. The van der Waals surface area contributed by atoms with E-state index in [4.69, 9.17) is 10.5 Å². The normalized spacial score (nSPS) is 9.87. The molecule has 0 spiro atoms. The lowest BCUT2D eigenvalue weighted by Gasteiger charge is -1.99. The maximum atomic E-state index is 8.72. The second kappa shape index (κ2) is 6.30. The zero-order chi connectivity index (χ0) is 16.2. The van der Waals surface area contributed by atoms with Crippen LogP contribution in [0.15, 0.2) is 52.9 Å². The number of imidazole rings is 1. The van der Waals surface area contributed by atoms with Crippen molar-refractivity contribution in [1.29, 1.82) is 10.5 Å². The summed E-state index contributed by atoms with van der Waals surface area (Å²) in [6.45, 7) is 0. The molecule has 0 fully saturated rings. The van der Waals surface area contributed by atoms with Crippen molar-refractivity contribution in [2.24, 2.45) is 0 Å². The van der Waals surface area contributed by atoms with Gasteiger partial charge in [-0.3, -0.25) is 4.98 Å². The number of benzene rings is 1. The van der Waals surface area contributed by atoms with Crippen molar-refractivity contribution in [2.75, 3.05) is 5.32 Å². The van der Waals surface area contributed by atoms with Crippen LogP contribution in [0.1, 0.15) is 0 Å². The summed E-state index contributed by atoms with van der Waals surface area (Å²) < 4.78 is 0.878. The van der Waals surface area contributed by atoms with E-state index in [1.54, 1.807) is 24.5 Å². The minimum Gasteiger partial charge on any atom is -0.360 e. The zero-order valence-electron chi connectivity index (χ0n) is 11.7. The molecule has 7 heteroatoms. The molecule has 0 saturated heterocycles. The first-order valence-electron chi connectivity index (χ1n) is 6.57. The zero-order valence-corrected chi connectivity index (χ0v) is 13.3. The summed E-state index contributed by atoms with van der Waals surface area (Å²) in [5.41, 5.74) is 3.30. The molecule has 0 bridgehead atoms. The molecule has 3 rings (SSSR count). The summed E-state index contributed by atoms with van der Waals surface area (Å²) in [6, 6.07) is 11.1. The molecule has 110 valence electrons. The summed E-state index contributed by atoms with van der Waals surface area (Å²) in [6.07, 6.45) is 4.82. The van der Waals surface area contributed by atoms with Gasteiger partial charge in [-0.1, -0.05) is 0 Å². The highest BCUT2D eigenvalue weighted by molar-refractivity contribution is 9.10. The van der Waals surface area contributed by atoms with E-state index in [-0.39, 0.29) is 5.57 Å². The third kappa shape index (κ3) is 3.20. The Balaban J connectivity index is 1.94.